The third-order valence-corrected chi connectivity index (χ3v) is 11.5. The van der Waals surface area contributed by atoms with Crippen molar-refractivity contribution in [2.75, 3.05) is 6.54 Å². The predicted molar refractivity (Wildman–Crippen MR) is 106 cm³/mol. The number of hydrogen-bond donors (Lipinski definition) is 1. The van der Waals surface area contributed by atoms with Crippen LogP contribution >= 0.6 is 0 Å². The molecule has 4 nitrogen and oxygen atoms in total. The van der Waals surface area contributed by atoms with Crippen molar-refractivity contribution in [2.45, 2.75) is 65.6 Å². The zero-order valence-electron chi connectivity index (χ0n) is 16.9. The zero-order valence-corrected chi connectivity index (χ0v) is 21.7. The van der Waals surface area contributed by atoms with Crippen LogP contribution in [0.1, 0.15) is 38.1 Å². The van der Waals surface area contributed by atoms with Crippen LogP contribution in [0, 0.1) is 0 Å². The van der Waals surface area contributed by atoms with Gasteiger partial charge < -0.3 is 0 Å². The van der Waals surface area contributed by atoms with E-state index in [2.05, 4.69) is 43.7 Å². The first-order valence-corrected chi connectivity index (χ1v) is 20.8. The third kappa shape index (κ3) is 7.93. The number of hydrogen-bond acceptors (Lipinski definition) is 3. The minimum absolute atomic E-state index is 0.237. The Kier molecular flexibility index (Phi) is 9.14. The van der Waals surface area contributed by atoms with Gasteiger partial charge in [-0.25, -0.2) is 0 Å². The molecule has 9 heteroatoms. The molecule has 0 aliphatic heterocycles. The summed E-state index contributed by atoms with van der Waals surface area (Å²) in [5.41, 5.74) is -1.25. The zero-order chi connectivity index (χ0) is 21.0. The average molecular weight is 556 g/mol. The molecule has 0 spiro atoms. The molecule has 0 saturated carbocycles. The van der Waals surface area contributed by atoms with E-state index in [1.807, 2.05) is 6.07 Å². The second-order valence-electron chi connectivity index (χ2n) is 8.22. The van der Waals surface area contributed by atoms with Gasteiger partial charge in [-0.2, -0.15) is 0 Å². The summed E-state index contributed by atoms with van der Waals surface area (Å²) in [6, 6.07) is 2.04. The van der Waals surface area contributed by atoms with Crippen molar-refractivity contribution in [3.63, 3.8) is 0 Å². The minimum atomic E-state index is -3.07. The van der Waals surface area contributed by atoms with Gasteiger partial charge in [0.25, 0.3) is 0 Å². The number of carbonyl (C=O) groups is 1. The van der Waals surface area contributed by atoms with Crippen LogP contribution in [0.5, 0.6) is 0 Å². The molecule has 1 atom stereocenters. The molecule has 1 rings (SSSR count). The summed E-state index contributed by atoms with van der Waals surface area (Å²) in [6.45, 7) is 3.19. The summed E-state index contributed by atoms with van der Waals surface area (Å²) in [4.78, 5) is 23.8. The van der Waals surface area contributed by atoms with Crippen molar-refractivity contribution in [3.8, 4) is 0 Å². The first-order chi connectivity index (χ1) is 12.2. The van der Waals surface area contributed by atoms with Crippen LogP contribution < -0.4 is 13.4 Å². The maximum atomic E-state index is 14.3. The fourth-order valence-corrected chi connectivity index (χ4v) is 8.14. The van der Waals surface area contributed by atoms with Crippen molar-refractivity contribution in [2.24, 2.45) is 0 Å². The number of alkyl halides is 3. The molecule has 1 aromatic rings. The summed E-state index contributed by atoms with van der Waals surface area (Å²) in [5, 5.41) is 2.50. The molecule has 1 N–H and O–H groups in total. The van der Waals surface area contributed by atoms with Gasteiger partial charge in [-0.3, -0.25) is 0 Å². The molecule has 0 aliphatic rings. The summed E-state index contributed by atoms with van der Waals surface area (Å²) < 4.78 is 45.9. The number of halogens is 3. The van der Waals surface area contributed by atoms with Gasteiger partial charge in [0.2, 0.25) is 0 Å². The molecule has 0 unspecified atom stereocenters. The van der Waals surface area contributed by atoms with Crippen LogP contribution in [0.3, 0.4) is 0 Å². The molecular formula is C18H29AsF3N2O2Sn. The quantitative estimate of drug-likeness (QED) is 0.477. The molecular weight excluding hydrogens is 527 g/mol. The van der Waals surface area contributed by atoms with E-state index in [9.17, 15) is 18.0 Å². The van der Waals surface area contributed by atoms with Crippen LogP contribution in [0.4, 0.5) is 13.2 Å². The Morgan fingerprint density at radius 2 is 1.89 bits per heavy atom. The van der Waals surface area contributed by atoms with E-state index >= 15 is 0 Å². The molecule has 0 saturated heterocycles. The van der Waals surface area contributed by atoms with Crippen molar-refractivity contribution < 1.29 is 22.7 Å². The Morgan fingerprint density at radius 1 is 1.30 bits per heavy atom. The number of nitrogens with zero attached hydrogens (tertiary/aromatic N) is 1. The molecule has 0 fully saturated rings. The van der Waals surface area contributed by atoms with Crippen molar-refractivity contribution in [3.05, 3.63) is 17.8 Å². The summed E-state index contributed by atoms with van der Waals surface area (Å²) >= 11 is -2.62. The number of nitrogens with one attached hydrogen (secondary N) is 1. The normalized spacial score (nSPS) is 14.4. The second kappa shape index (κ2) is 9.97. The van der Waals surface area contributed by atoms with E-state index in [1.165, 1.54) is 13.8 Å². The standard InChI is InChI=1S/C15H20AsF3N2O2.3CH3.Sn/c1-9(2)16-11-5-6-20-7-10(11)13(22)21-8-12(17)15(3,4)23-14(18)19;;;;/h5,7,9,12,14H,8H2,1-4H3,(H,21,22);3*1H3;/t12-;;;;/m1..../s1. The molecule has 153 valence electrons. The molecule has 0 aromatic carbocycles. The van der Waals surface area contributed by atoms with Crippen LogP contribution in [0.25, 0.3) is 0 Å². The fraction of sp³-hybridized carbons (Fsp3) is 0.667. The van der Waals surface area contributed by atoms with Crippen molar-refractivity contribution in [1.82, 2.24) is 10.3 Å². The molecule has 0 aliphatic carbocycles. The number of carbonyl (C=O) groups excluding carboxylic acids is 1. The van der Waals surface area contributed by atoms with E-state index < -0.39 is 49.2 Å². The van der Waals surface area contributed by atoms with E-state index in [4.69, 9.17) is 0 Å². The number of ether oxygens (including phenoxy) is 1. The Hall–Kier alpha value is -0.273. The Labute approximate surface area is 170 Å². The van der Waals surface area contributed by atoms with E-state index in [-0.39, 0.29) is 15.8 Å². The summed E-state index contributed by atoms with van der Waals surface area (Å²) in [5.74, 6) is -0.431. The molecule has 1 heterocycles. The molecule has 1 aromatic heterocycles. The van der Waals surface area contributed by atoms with Crippen molar-refractivity contribution in [1.29, 1.82) is 0 Å². The molecule has 1 amide bonds. The first kappa shape index (κ1) is 24.8. The molecule has 27 heavy (non-hydrogen) atoms. The van der Waals surface area contributed by atoms with Crippen molar-refractivity contribution >= 4 is 48.1 Å². The summed E-state index contributed by atoms with van der Waals surface area (Å²) in [7, 11) is 0. The second-order valence-corrected chi connectivity index (χ2v) is 26.2. The van der Waals surface area contributed by atoms with Crippen LogP contribution in [-0.4, -0.2) is 69.9 Å². The maximum absolute atomic E-state index is 14.3. The average Bonchev–Trinajstić information content (AvgIpc) is 2.49. The monoisotopic (exact) mass is 557 g/mol. The van der Waals surface area contributed by atoms with Gasteiger partial charge in [0, 0.05) is 0 Å². The number of pyridine rings is 1. The third-order valence-electron chi connectivity index (χ3n) is 3.88. The van der Waals surface area contributed by atoms with Gasteiger partial charge in [0.15, 0.2) is 0 Å². The molecule has 1 radical (unpaired) electrons. The fourth-order valence-electron chi connectivity index (χ4n) is 2.24. The summed E-state index contributed by atoms with van der Waals surface area (Å²) in [6.07, 6.45) is -0.191. The van der Waals surface area contributed by atoms with Gasteiger partial charge in [-0.05, 0) is 0 Å². The van der Waals surface area contributed by atoms with Crippen LogP contribution in [-0.2, 0) is 4.74 Å². The Bertz CT molecular complexity index is 652. The Balaban J connectivity index is 2.96. The van der Waals surface area contributed by atoms with Gasteiger partial charge in [-0.15, -0.1) is 0 Å². The van der Waals surface area contributed by atoms with E-state index in [0.717, 1.165) is 8.06 Å². The SMILES string of the molecule is CC(C)[As]c1c[c]([Sn]([CH3])([CH3])[CH3])ncc1C(=O)NC[C@@H](F)C(C)(C)OC(F)F. The predicted octanol–water partition coefficient (Wildman–Crippen LogP) is 2.87. The first-order valence-electron chi connectivity index (χ1n) is 8.83. The van der Waals surface area contributed by atoms with Gasteiger partial charge >= 0.3 is 171 Å². The van der Waals surface area contributed by atoms with Gasteiger partial charge in [-0.1, -0.05) is 0 Å². The van der Waals surface area contributed by atoms with Gasteiger partial charge in [0.1, 0.15) is 0 Å². The van der Waals surface area contributed by atoms with Gasteiger partial charge in [0.05, 0.1) is 0 Å². The number of amides is 1. The van der Waals surface area contributed by atoms with E-state index in [0.29, 0.717) is 10.3 Å². The number of rotatable bonds is 9. The van der Waals surface area contributed by atoms with Crippen LogP contribution in [0.15, 0.2) is 12.3 Å². The van der Waals surface area contributed by atoms with E-state index in [1.54, 1.807) is 6.20 Å². The molecule has 0 bridgehead atoms. The van der Waals surface area contributed by atoms with Crippen LogP contribution in [0.2, 0.25) is 19.5 Å². The number of aromatic nitrogens is 1. The Morgan fingerprint density at radius 3 is 2.37 bits per heavy atom. The topological polar surface area (TPSA) is 51.2 Å².